The van der Waals surface area contributed by atoms with Crippen LogP contribution in [0.5, 0.6) is 0 Å². The van der Waals surface area contributed by atoms with E-state index in [0.717, 1.165) is 5.56 Å². The van der Waals surface area contributed by atoms with Crippen LogP contribution in [0, 0.1) is 0 Å². The van der Waals surface area contributed by atoms with Gasteiger partial charge in [-0.05, 0) is 23.1 Å². The average Bonchev–Trinajstić information content (AvgIpc) is 2.36. The van der Waals surface area contributed by atoms with Gasteiger partial charge in [-0.15, -0.1) is 0 Å². The van der Waals surface area contributed by atoms with Crippen LogP contribution < -0.4 is 0 Å². The molecule has 0 saturated carbocycles. The van der Waals surface area contributed by atoms with E-state index in [1.54, 1.807) is 12.1 Å². The minimum atomic E-state index is -2.52. The van der Waals surface area contributed by atoms with Gasteiger partial charge in [0.15, 0.2) is 0 Å². The third-order valence-corrected chi connectivity index (χ3v) is 3.35. The summed E-state index contributed by atoms with van der Waals surface area (Å²) < 4.78 is 25.0. The Morgan fingerprint density at radius 1 is 1.25 bits per heavy atom. The lowest BCUT2D eigenvalue weighted by Crippen LogP contribution is -2.36. The largest absolute Gasteiger partial charge is 0.332 e. The minimum Gasteiger partial charge on any atom is -0.332 e. The highest BCUT2D eigenvalue weighted by atomic mass is 79.9. The molecule has 0 atom stereocenters. The quantitative estimate of drug-likeness (QED) is 0.734. The third kappa shape index (κ3) is 4.85. The molecule has 1 rings (SSSR count). The van der Waals surface area contributed by atoms with E-state index in [1.807, 2.05) is 12.1 Å². The smallest absolute Gasteiger partial charge is 0.255 e. The number of alkyl halides is 3. The van der Waals surface area contributed by atoms with Crippen LogP contribution in [0.4, 0.5) is 8.78 Å². The first kappa shape index (κ1) is 17.1. The number of halogens is 3. The molecular weight excluding hydrogens is 328 g/mol. The predicted molar refractivity (Wildman–Crippen MR) is 80.8 cm³/mol. The molecule has 0 fully saturated rings. The van der Waals surface area contributed by atoms with Crippen LogP contribution in [0.15, 0.2) is 24.3 Å². The van der Waals surface area contributed by atoms with Crippen LogP contribution in [0.3, 0.4) is 0 Å². The van der Waals surface area contributed by atoms with Gasteiger partial charge in [-0.2, -0.15) is 0 Å². The van der Waals surface area contributed by atoms with Crippen molar-refractivity contribution in [1.82, 2.24) is 4.90 Å². The van der Waals surface area contributed by atoms with Crippen molar-refractivity contribution in [2.24, 2.45) is 0 Å². The Morgan fingerprint density at radius 2 is 1.80 bits per heavy atom. The second-order valence-electron chi connectivity index (χ2n) is 5.66. The van der Waals surface area contributed by atoms with Crippen molar-refractivity contribution >= 4 is 21.8 Å². The fourth-order valence-electron chi connectivity index (χ4n) is 1.84. The minimum absolute atomic E-state index is 0.0000951. The van der Waals surface area contributed by atoms with Crippen LogP contribution >= 0.6 is 15.9 Å². The van der Waals surface area contributed by atoms with Gasteiger partial charge in [0.1, 0.15) is 0 Å². The summed E-state index contributed by atoms with van der Waals surface area (Å²) in [6.07, 6.45) is -2.52. The van der Waals surface area contributed by atoms with E-state index in [4.69, 9.17) is 0 Å². The summed E-state index contributed by atoms with van der Waals surface area (Å²) in [5.74, 6) is -0.356. The van der Waals surface area contributed by atoms with Gasteiger partial charge in [-0.25, -0.2) is 8.78 Å². The Labute approximate surface area is 127 Å². The first-order valence-electron chi connectivity index (χ1n) is 6.49. The molecule has 0 spiro atoms. The highest BCUT2D eigenvalue weighted by Crippen LogP contribution is 2.22. The number of benzene rings is 1. The van der Waals surface area contributed by atoms with Crippen molar-refractivity contribution < 1.29 is 13.6 Å². The van der Waals surface area contributed by atoms with Crippen LogP contribution in [0.1, 0.15) is 36.7 Å². The molecule has 0 N–H and O–H groups in total. The van der Waals surface area contributed by atoms with Crippen molar-refractivity contribution in [3.63, 3.8) is 0 Å². The molecule has 0 aliphatic heterocycles. The van der Waals surface area contributed by atoms with Crippen LogP contribution in [0.25, 0.3) is 0 Å². The molecule has 112 valence electrons. The summed E-state index contributed by atoms with van der Waals surface area (Å²) in [5.41, 5.74) is 1.55. The zero-order chi connectivity index (χ0) is 15.3. The zero-order valence-electron chi connectivity index (χ0n) is 12.0. The maximum absolute atomic E-state index is 12.5. The van der Waals surface area contributed by atoms with E-state index in [-0.39, 0.29) is 17.9 Å². The van der Waals surface area contributed by atoms with E-state index >= 15 is 0 Å². The molecule has 0 saturated heterocycles. The summed E-state index contributed by atoms with van der Waals surface area (Å²) in [6, 6.07) is 7.16. The fraction of sp³-hybridized carbons (Fsp3) is 0.533. The second kappa shape index (κ2) is 7.16. The van der Waals surface area contributed by atoms with Crippen molar-refractivity contribution in [3.8, 4) is 0 Å². The summed E-state index contributed by atoms with van der Waals surface area (Å²) in [7, 11) is 0. The van der Waals surface area contributed by atoms with Gasteiger partial charge in [-0.1, -0.05) is 48.8 Å². The van der Waals surface area contributed by atoms with E-state index in [0.29, 0.717) is 10.9 Å². The maximum Gasteiger partial charge on any atom is 0.255 e. The van der Waals surface area contributed by atoms with Gasteiger partial charge in [0, 0.05) is 17.4 Å². The van der Waals surface area contributed by atoms with Crippen molar-refractivity contribution in [2.45, 2.75) is 32.6 Å². The van der Waals surface area contributed by atoms with E-state index < -0.39 is 13.0 Å². The lowest BCUT2D eigenvalue weighted by Gasteiger charge is -2.22. The molecule has 0 aliphatic carbocycles. The number of carbonyl (C=O) groups excluding carboxylic acids is 1. The maximum atomic E-state index is 12.5. The van der Waals surface area contributed by atoms with Crippen molar-refractivity contribution in [3.05, 3.63) is 35.4 Å². The van der Waals surface area contributed by atoms with Gasteiger partial charge in [0.25, 0.3) is 12.3 Å². The molecule has 1 aromatic carbocycles. The first-order chi connectivity index (χ1) is 9.25. The van der Waals surface area contributed by atoms with Gasteiger partial charge in [0.05, 0.1) is 6.54 Å². The normalized spacial score (nSPS) is 11.8. The van der Waals surface area contributed by atoms with E-state index in [1.165, 1.54) is 4.90 Å². The fourth-order valence-corrected chi connectivity index (χ4v) is 2.27. The Kier molecular flexibility index (Phi) is 6.11. The molecule has 1 amide bonds. The molecule has 0 heterocycles. The van der Waals surface area contributed by atoms with Gasteiger partial charge >= 0.3 is 0 Å². The number of amides is 1. The SMILES string of the molecule is CC(C)(C)c1ccc(C(=O)N(CCBr)CC(F)F)cc1. The Bertz CT molecular complexity index is 440. The highest BCUT2D eigenvalue weighted by Gasteiger charge is 2.20. The molecule has 2 nitrogen and oxygen atoms in total. The summed E-state index contributed by atoms with van der Waals surface area (Å²) in [5, 5.41) is 0.478. The topological polar surface area (TPSA) is 20.3 Å². The molecule has 0 bridgehead atoms. The molecule has 0 aliphatic rings. The predicted octanol–water partition coefficient (Wildman–Crippen LogP) is 4.09. The van der Waals surface area contributed by atoms with Gasteiger partial charge in [0.2, 0.25) is 0 Å². The van der Waals surface area contributed by atoms with Crippen LogP contribution in [-0.4, -0.2) is 35.7 Å². The van der Waals surface area contributed by atoms with E-state index in [9.17, 15) is 13.6 Å². The highest BCUT2D eigenvalue weighted by molar-refractivity contribution is 9.09. The average molecular weight is 348 g/mol. The Morgan fingerprint density at radius 3 is 2.20 bits per heavy atom. The third-order valence-electron chi connectivity index (χ3n) is 3.00. The van der Waals surface area contributed by atoms with Crippen molar-refractivity contribution in [2.75, 3.05) is 18.4 Å². The van der Waals surface area contributed by atoms with Gasteiger partial charge in [-0.3, -0.25) is 4.79 Å². The summed E-state index contributed by atoms with van der Waals surface area (Å²) in [6.45, 7) is 5.98. The Hall–Kier alpha value is -0.970. The summed E-state index contributed by atoms with van der Waals surface area (Å²) >= 11 is 3.18. The van der Waals surface area contributed by atoms with Gasteiger partial charge < -0.3 is 4.90 Å². The first-order valence-corrected chi connectivity index (χ1v) is 7.61. The lowest BCUT2D eigenvalue weighted by atomic mass is 9.86. The van der Waals surface area contributed by atoms with Crippen molar-refractivity contribution in [1.29, 1.82) is 0 Å². The zero-order valence-corrected chi connectivity index (χ0v) is 13.6. The number of hydrogen-bond donors (Lipinski definition) is 0. The molecule has 0 radical (unpaired) electrons. The molecule has 0 aromatic heterocycles. The number of nitrogens with zero attached hydrogens (tertiary/aromatic N) is 1. The molecule has 20 heavy (non-hydrogen) atoms. The number of rotatable bonds is 5. The molecular formula is C15H20BrF2NO. The number of hydrogen-bond acceptors (Lipinski definition) is 1. The second-order valence-corrected chi connectivity index (χ2v) is 6.45. The number of carbonyl (C=O) groups is 1. The lowest BCUT2D eigenvalue weighted by molar-refractivity contribution is 0.0572. The van der Waals surface area contributed by atoms with Crippen LogP contribution in [-0.2, 0) is 5.41 Å². The molecule has 1 aromatic rings. The monoisotopic (exact) mass is 347 g/mol. The Balaban J connectivity index is 2.89. The van der Waals surface area contributed by atoms with Crippen LogP contribution in [0.2, 0.25) is 0 Å². The molecule has 0 unspecified atom stereocenters. The van der Waals surface area contributed by atoms with E-state index in [2.05, 4.69) is 36.7 Å². The molecule has 5 heteroatoms. The standard InChI is InChI=1S/C15H20BrF2NO/c1-15(2,3)12-6-4-11(5-7-12)14(20)19(9-8-16)10-13(17)18/h4-7,13H,8-10H2,1-3H3. The summed E-state index contributed by atoms with van der Waals surface area (Å²) in [4.78, 5) is 13.4.